The molecule has 0 saturated carbocycles. The Hall–Kier alpha value is -3.36. The molecule has 0 aliphatic heterocycles. The SMILES string of the molecule is CN(C)c1ccc(C#CC(C#CC#C[Si](C)(C)C)=C(C#N)C#N)cc1. The van der Waals surface area contributed by atoms with Gasteiger partial charge in [-0.3, -0.25) is 0 Å². The van der Waals surface area contributed by atoms with Crippen LogP contribution in [0.25, 0.3) is 0 Å². The minimum absolute atomic E-state index is 0.0975. The molecule has 0 radical (unpaired) electrons. The van der Waals surface area contributed by atoms with Crippen molar-refractivity contribution in [2.45, 2.75) is 19.6 Å². The lowest BCUT2D eigenvalue weighted by atomic mass is 10.1. The first kappa shape index (κ1) is 19.7. The molecule has 0 fully saturated rings. The highest BCUT2D eigenvalue weighted by atomic mass is 28.3. The maximum atomic E-state index is 9.08. The molecule has 25 heavy (non-hydrogen) atoms. The lowest BCUT2D eigenvalue weighted by Gasteiger charge is -2.11. The molecule has 3 nitrogen and oxygen atoms in total. The van der Waals surface area contributed by atoms with E-state index in [-0.39, 0.29) is 11.1 Å². The number of benzene rings is 1. The largest absolute Gasteiger partial charge is 0.378 e. The van der Waals surface area contributed by atoms with Gasteiger partial charge in [0.05, 0.1) is 0 Å². The topological polar surface area (TPSA) is 50.8 Å². The van der Waals surface area contributed by atoms with Crippen molar-refractivity contribution in [1.82, 2.24) is 0 Å². The van der Waals surface area contributed by atoms with Gasteiger partial charge in [0.15, 0.2) is 5.57 Å². The van der Waals surface area contributed by atoms with Crippen LogP contribution in [-0.4, -0.2) is 22.2 Å². The van der Waals surface area contributed by atoms with Gasteiger partial charge in [-0.15, -0.1) is 5.54 Å². The van der Waals surface area contributed by atoms with Crippen molar-refractivity contribution >= 4 is 13.8 Å². The maximum Gasteiger partial charge on any atom is 0.153 e. The maximum absolute atomic E-state index is 9.08. The zero-order valence-corrected chi connectivity index (χ0v) is 16.2. The normalized spacial score (nSPS) is 8.76. The minimum Gasteiger partial charge on any atom is -0.378 e. The number of hydrogen-bond donors (Lipinski definition) is 0. The van der Waals surface area contributed by atoms with E-state index in [1.54, 1.807) is 0 Å². The van der Waals surface area contributed by atoms with Crippen LogP contribution in [0.2, 0.25) is 19.6 Å². The first-order valence-electron chi connectivity index (χ1n) is 7.64. The molecule has 0 saturated heterocycles. The molecule has 0 heterocycles. The van der Waals surface area contributed by atoms with Gasteiger partial charge in [0.2, 0.25) is 0 Å². The van der Waals surface area contributed by atoms with Gasteiger partial charge in [0.25, 0.3) is 0 Å². The fraction of sp³-hybridized carbons (Fsp3) is 0.238. The van der Waals surface area contributed by atoms with E-state index in [2.05, 4.69) is 54.8 Å². The van der Waals surface area contributed by atoms with E-state index >= 15 is 0 Å². The van der Waals surface area contributed by atoms with E-state index in [1.165, 1.54) is 0 Å². The number of nitrogens with zero attached hydrogens (tertiary/aromatic N) is 3. The lowest BCUT2D eigenvalue weighted by Crippen LogP contribution is -2.16. The van der Waals surface area contributed by atoms with Gasteiger partial charge < -0.3 is 4.90 Å². The average Bonchev–Trinajstić information content (AvgIpc) is 2.56. The van der Waals surface area contributed by atoms with E-state index in [4.69, 9.17) is 10.5 Å². The molecule has 0 unspecified atom stereocenters. The second kappa shape index (κ2) is 9.06. The molecule has 0 aromatic heterocycles. The van der Waals surface area contributed by atoms with E-state index in [9.17, 15) is 0 Å². The Kier molecular flexibility index (Phi) is 7.13. The molecule has 0 aliphatic carbocycles. The number of nitriles is 2. The molecule has 4 heteroatoms. The van der Waals surface area contributed by atoms with E-state index in [1.807, 2.05) is 55.4 Å². The average molecular weight is 341 g/mol. The summed E-state index contributed by atoms with van der Waals surface area (Å²) in [6.45, 7) is 6.35. The van der Waals surface area contributed by atoms with Crippen LogP contribution in [0.5, 0.6) is 0 Å². The third-order valence-corrected chi connectivity index (χ3v) is 3.75. The predicted molar refractivity (Wildman–Crippen MR) is 105 cm³/mol. The summed E-state index contributed by atoms with van der Waals surface area (Å²) in [5, 5.41) is 18.2. The summed E-state index contributed by atoms with van der Waals surface area (Å²) < 4.78 is 0. The summed E-state index contributed by atoms with van der Waals surface area (Å²) in [6, 6.07) is 11.3. The summed E-state index contributed by atoms with van der Waals surface area (Å²) in [6.07, 6.45) is 0. The van der Waals surface area contributed by atoms with Gasteiger partial charge in [-0.05, 0) is 42.0 Å². The van der Waals surface area contributed by atoms with Crippen LogP contribution >= 0.6 is 0 Å². The van der Waals surface area contributed by atoms with Crippen LogP contribution in [0.15, 0.2) is 35.4 Å². The summed E-state index contributed by atoms with van der Waals surface area (Å²) in [5.74, 6) is 14.0. The van der Waals surface area contributed by atoms with Crippen molar-refractivity contribution in [3.8, 4) is 47.3 Å². The van der Waals surface area contributed by atoms with Crippen LogP contribution in [0.1, 0.15) is 5.56 Å². The van der Waals surface area contributed by atoms with Gasteiger partial charge in [0, 0.05) is 25.3 Å². The monoisotopic (exact) mass is 341 g/mol. The highest BCUT2D eigenvalue weighted by Crippen LogP contribution is 2.11. The number of rotatable bonds is 1. The Morgan fingerprint density at radius 3 is 1.96 bits per heavy atom. The van der Waals surface area contributed by atoms with Gasteiger partial charge in [-0.1, -0.05) is 31.5 Å². The lowest BCUT2D eigenvalue weighted by molar-refractivity contribution is 1.13. The molecule has 0 spiro atoms. The Morgan fingerprint density at radius 1 is 0.880 bits per heavy atom. The molecule has 1 rings (SSSR count). The molecule has 0 N–H and O–H groups in total. The molecular formula is C21H19N3Si. The Bertz CT molecular complexity index is 912. The van der Waals surface area contributed by atoms with Crippen LogP contribution in [0.3, 0.4) is 0 Å². The highest BCUT2D eigenvalue weighted by Gasteiger charge is 2.06. The Labute approximate surface area is 151 Å². The number of hydrogen-bond acceptors (Lipinski definition) is 3. The first-order valence-corrected chi connectivity index (χ1v) is 11.1. The van der Waals surface area contributed by atoms with Crippen LogP contribution in [0.4, 0.5) is 5.69 Å². The van der Waals surface area contributed by atoms with Crippen LogP contribution in [0, 0.1) is 57.8 Å². The van der Waals surface area contributed by atoms with E-state index in [0.717, 1.165) is 11.3 Å². The summed E-state index contributed by atoms with van der Waals surface area (Å²) in [7, 11) is 2.42. The van der Waals surface area contributed by atoms with Crippen molar-refractivity contribution < 1.29 is 0 Å². The minimum atomic E-state index is -1.51. The van der Waals surface area contributed by atoms with Crippen molar-refractivity contribution in [2.75, 3.05) is 19.0 Å². The van der Waals surface area contributed by atoms with Crippen LogP contribution < -0.4 is 4.90 Å². The zero-order valence-electron chi connectivity index (χ0n) is 15.2. The Morgan fingerprint density at radius 2 is 1.48 bits per heavy atom. The van der Waals surface area contributed by atoms with Crippen LogP contribution in [-0.2, 0) is 0 Å². The summed E-state index contributed by atoms with van der Waals surface area (Å²) >= 11 is 0. The molecule has 0 atom stereocenters. The molecule has 0 bridgehead atoms. The fourth-order valence-corrected chi connectivity index (χ4v) is 2.02. The molecular weight excluding hydrogens is 322 g/mol. The van der Waals surface area contributed by atoms with Gasteiger partial charge in [-0.2, -0.15) is 10.5 Å². The second-order valence-corrected chi connectivity index (χ2v) is 11.2. The van der Waals surface area contributed by atoms with Crippen molar-refractivity contribution in [2.24, 2.45) is 0 Å². The number of allylic oxidation sites excluding steroid dienone is 2. The highest BCUT2D eigenvalue weighted by molar-refractivity contribution is 6.83. The van der Waals surface area contributed by atoms with Crippen molar-refractivity contribution in [3.05, 3.63) is 41.0 Å². The molecule has 1 aromatic rings. The summed E-state index contributed by atoms with van der Waals surface area (Å²) in [4.78, 5) is 1.99. The van der Waals surface area contributed by atoms with Crippen molar-refractivity contribution in [1.29, 1.82) is 10.5 Å². The molecule has 122 valence electrons. The quantitative estimate of drug-likeness (QED) is 0.447. The molecule has 0 aliphatic rings. The standard InChI is InChI=1S/C21H19N3Si/c1-24(2)21-13-10-18(11-14-21)9-12-19(20(16-22)17-23)8-6-7-15-25(3,4)5/h10-11,13-14H,1-5H3. The zero-order chi connectivity index (χ0) is 18.9. The van der Waals surface area contributed by atoms with Gasteiger partial charge in [0.1, 0.15) is 25.8 Å². The second-order valence-electron chi connectivity index (χ2n) is 6.41. The summed E-state index contributed by atoms with van der Waals surface area (Å²) in [5.41, 5.74) is 5.07. The van der Waals surface area contributed by atoms with E-state index in [0.29, 0.717) is 0 Å². The third-order valence-electron chi connectivity index (χ3n) is 2.88. The fourth-order valence-electron chi connectivity index (χ4n) is 1.58. The number of anilines is 1. The predicted octanol–water partition coefficient (Wildman–Crippen LogP) is 3.33. The Balaban J connectivity index is 3.20. The third kappa shape index (κ3) is 7.16. The van der Waals surface area contributed by atoms with Gasteiger partial charge >= 0.3 is 0 Å². The first-order chi connectivity index (χ1) is 11.8. The molecule has 1 aromatic carbocycles. The van der Waals surface area contributed by atoms with Crippen molar-refractivity contribution in [3.63, 3.8) is 0 Å². The van der Waals surface area contributed by atoms with Gasteiger partial charge in [-0.25, -0.2) is 0 Å². The van der Waals surface area contributed by atoms with E-state index < -0.39 is 8.07 Å². The smallest absolute Gasteiger partial charge is 0.153 e. The molecule has 0 amide bonds.